The molecule has 1 atom stereocenters. The van der Waals surface area contributed by atoms with E-state index in [9.17, 15) is 9.59 Å². The first-order chi connectivity index (χ1) is 22.5. The lowest BCUT2D eigenvalue weighted by atomic mass is 9.99. The summed E-state index contributed by atoms with van der Waals surface area (Å²) in [4.78, 5) is 33.2. The molecule has 0 bridgehead atoms. The normalized spacial score (nSPS) is 14.3. The standard InChI is InChI=1S/C35H33N5O5S/c1-43-27-14-12-26(13-15-27)40-35-32(33(38-40)24-9-5-4-6-10-24)34(25-11-16-28(44-2)29(18-25)45-3)46-22-31(42)39(35)21-30(41)37-20-23-8-7-17-36-19-23/h4-19,34H,20-22H2,1-3H3,(H,37,41). The number of hydrogen-bond donors (Lipinski definition) is 1. The van der Waals surface area contributed by atoms with E-state index in [1.54, 1.807) is 43.3 Å². The van der Waals surface area contributed by atoms with Crippen LogP contribution in [-0.4, -0.2) is 60.2 Å². The smallest absolute Gasteiger partial charge is 0.240 e. The van der Waals surface area contributed by atoms with Gasteiger partial charge in [0.15, 0.2) is 11.5 Å². The molecule has 0 saturated heterocycles. The lowest BCUT2D eigenvalue weighted by Crippen LogP contribution is -2.42. The van der Waals surface area contributed by atoms with Gasteiger partial charge in [0.2, 0.25) is 11.8 Å². The van der Waals surface area contributed by atoms with Crippen LogP contribution in [0.1, 0.15) is 21.9 Å². The van der Waals surface area contributed by atoms with Crippen LogP contribution in [0.2, 0.25) is 0 Å². The molecule has 5 aromatic rings. The highest BCUT2D eigenvalue weighted by atomic mass is 32.2. The van der Waals surface area contributed by atoms with Gasteiger partial charge in [0.05, 0.1) is 43.7 Å². The molecular weight excluding hydrogens is 602 g/mol. The average Bonchev–Trinajstić information content (AvgIpc) is 3.44. The Morgan fingerprint density at radius 1 is 0.935 bits per heavy atom. The largest absolute Gasteiger partial charge is 0.497 e. The molecular formula is C35H33N5O5S. The Hall–Kier alpha value is -5.29. The summed E-state index contributed by atoms with van der Waals surface area (Å²) in [6, 6.07) is 26.8. The summed E-state index contributed by atoms with van der Waals surface area (Å²) in [7, 11) is 4.80. The lowest BCUT2D eigenvalue weighted by molar-refractivity contribution is -0.123. The molecule has 2 amide bonds. The van der Waals surface area contributed by atoms with E-state index in [-0.39, 0.29) is 35.9 Å². The number of carbonyl (C=O) groups is 2. The summed E-state index contributed by atoms with van der Waals surface area (Å²) in [6.45, 7) is 0.0962. The minimum absolute atomic E-state index is 0.139. The average molecular weight is 636 g/mol. The molecule has 0 radical (unpaired) electrons. The number of benzene rings is 3. The van der Waals surface area contributed by atoms with Gasteiger partial charge in [-0.05, 0) is 53.6 Å². The molecule has 1 aliphatic heterocycles. The predicted molar refractivity (Wildman–Crippen MR) is 178 cm³/mol. The van der Waals surface area contributed by atoms with Crippen LogP contribution < -0.4 is 24.4 Å². The molecule has 2 aromatic heterocycles. The number of nitrogens with one attached hydrogen (secondary N) is 1. The number of pyridine rings is 1. The van der Waals surface area contributed by atoms with Crippen molar-refractivity contribution in [2.45, 2.75) is 11.8 Å². The molecule has 3 heterocycles. The SMILES string of the molecule is COc1ccc(-n2nc(-c3ccccc3)c3c2N(CC(=O)NCc2cccnc2)C(=O)CSC3c2ccc(OC)c(OC)c2)cc1. The van der Waals surface area contributed by atoms with Crippen molar-refractivity contribution in [2.75, 3.05) is 38.5 Å². The number of carbonyl (C=O) groups excluding carboxylic acids is 2. The van der Waals surface area contributed by atoms with Crippen molar-refractivity contribution in [3.8, 4) is 34.2 Å². The van der Waals surface area contributed by atoms with Crippen LogP contribution in [0, 0.1) is 0 Å². The van der Waals surface area contributed by atoms with E-state index in [4.69, 9.17) is 19.3 Å². The number of amides is 2. The number of fused-ring (bicyclic) bond motifs is 1. The van der Waals surface area contributed by atoms with Crippen molar-refractivity contribution in [3.05, 3.63) is 114 Å². The van der Waals surface area contributed by atoms with E-state index in [1.807, 2.05) is 84.9 Å². The molecule has 1 unspecified atom stereocenters. The molecule has 0 saturated carbocycles. The van der Waals surface area contributed by atoms with E-state index in [1.165, 1.54) is 11.8 Å². The van der Waals surface area contributed by atoms with Crippen LogP contribution in [0.5, 0.6) is 17.2 Å². The first-order valence-corrected chi connectivity index (χ1v) is 15.7. The van der Waals surface area contributed by atoms with Crippen molar-refractivity contribution in [1.82, 2.24) is 20.1 Å². The maximum absolute atomic E-state index is 14.0. The summed E-state index contributed by atoms with van der Waals surface area (Å²) in [5.74, 6) is 2.02. The molecule has 1 aliphatic rings. The third-order valence-electron chi connectivity index (χ3n) is 7.68. The van der Waals surface area contributed by atoms with Crippen LogP contribution in [-0.2, 0) is 16.1 Å². The third-order valence-corrected chi connectivity index (χ3v) is 8.93. The number of methoxy groups -OCH3 is 3. The Labute approximate surface area is 271 Å². The molecule has 10 nitrogen and oxygen atoms in total. The maximum Gasteiger partial charge on any atom is 0.240 e. The van der Waals surface area contributed by atoms with Crippen LogP contribution in [0.25, 0.3) is 16.9 Å². The first kappa shape index (κ1) is 30.7. The van der Waals surface area contributed by atoms with Gasteiger partial charge in [0.25, 0.3) is 0 Å². The first-order valence-electron chi connectivity index (χ1n) is 14.6. The van der Waals surface area contributed by atoms with E-state index in [0.717, 1.165) is 22.3 Å². The molecule has 234 valence electrons. The Balaban J connectivity index is 1.53. The van der Waals surface area contributed by atoms with Crippen molar-refractivity contribution in [2.24, 2.45) is 0 Å². The van der Waals surface area contributed by atoms with E-state index < -0.39 is 0 Å². The van der Waals surface area contributed by atoms with Gasteiger partial charge in [-0.2, -0.15) is 5.10 Å². The fraction of sp³-hybridized carbons (Fsp3) is 0.200. The number of aromatic nitrogens is 3. The van der Waals surface area contributed by atoms with Gasteiger partial charge >= 0.3 is 0 Å². The summed E-state index contributed by atoms with van der Waals surface area (Å²) >= 11 is 1.48. The van der Waals surface area contributed by atoms with Gasteiger partial charge in [-0.1, -0.05) is 42.5 Å². The van der Waals surface area contributed by atoms with Crippen molar-refractivity contribution < 1.29 is 23.8 Å². The summed E-state index contributed by atoms with van der Waals surface area (Å²) in [5, 5.41) is 7.76. The van der Waals surface area contributed by atoms with Crippen molar-refractivity contribution in [3.63, 3.8) is 0 Å². The number of rotatable bonds is 10. The fourth-order valence-electron chi connectivity index (χ4n) is 5.41. The van der Waals surface area contributed by atoms with Gasteiger partial charge in [-0.15, -0.1) is 11.8 Å². The van der Waals surface area contributed by atoms with E-state index in [0.29, 0.717) is 34.4 Å². The third kappa shape index (κ3) is 6.27. The number of thioether (sulfide) groups is 1. The van der Waals surface area contributed by atoms with E-state index in [2.05, 4.69) is 10.3 Å². The Bertz CT molecular complexity index is 1830. The molecule has 46 heavy (non-hydrogen) atoms. The molecule has 11 heteroatoms. The second-order valence-corrected chi connectivity index (χ2v) is 11.6. The highest BCUT2D eigenvalue weighted by Gasteiger charge is 2.38. The topological polar surface area (TPSA) is 108 Å². The van der Waals surface area contributed by atoms with Crippen molar-refractivity contribution >= 4 is 29.4 Å². The summed E-state index contributed by atoms with van der Waals surface area (Å²) in [6.07, 6.45) is 3.38. The van der Waals surface area contributed by atoms with Gasteiger partial charge in [-0.3, -0.25) is 19.5 Å². The maximum atomic E-state index is 14.0. The zero-order valence-electron chi connectivity index (χ0n) is 25.7. The number of ether oxygens (including phenoxy) is 3. The van der Waals surface area contributed by atoms with Gasteiger partial charge < -0.3 is 19.5 Å². The Morgan fingerprint density at radius 3 is 2.41 bits per heavy atom. The van der Waals surface area contributed by atoms with E-state index >= 15 is 0 Å². The second-order valence-electron chi connectivity index (χ2n) is 10.5. The van der Waals surface area contributed by atoms with Crippen LogP contribution >= 0.6 is 11.8 Å². The Morgan fingerprint density at radius 2 is 1.72 bits per heavy atom. The molecule has 6 rings (SSSR count). The van der Waals surface area contributed by atoms with Gasteiger partial charge in [0.1, 0.15) is 18.1 Å². The Kier molecular flexibility index (Phi) is 9.20. The summed E-state index contributed by atoms with van der Waals surface area (Å²) in [5.41, 5.74) is 4.88. The lowest BCUT2D eigenvalue weighted by Gasteiger charge is -2.23. The quantitative estimate of drug-likeness (QED) is 0.216. The highest BCUT2D eigenvalue weighted by molar-refractivity contribution is 8.00. The molecule has 0 aliphatic carbocycles. The molecule has 3 aromatic carbocycles. The molecule has 0 spiro atoms. The fourth-order valence-corrected chi connectivity index (χ4v) is 6.60. The molecule has 1 N–H and O–H groups in total. The van der Waals surface area contributed by atoms with Gasteiger partial charge in [-0.25, -0.2) is 4.68 Å². The minimum Gasteiger partial charge on any atom is -0.497 e. The summed E-state index contributed by atoms with van der Waals surface area (Å²) < 4.78 is 18.3. The predicted octanol–water partition coefficient (Wildman–Crippen LogP) is 5.45. The van der Waals surface area contributed by atoms with Crippen LogP contribution in [0.4, 0.5) is 5.82 Å². The highest BCUT2D eigenvalue weighted by Crippen LogP contribution is 2.49. The number of hydrogen-bond acceptors (Lipinski definition) is 8. The monoisotopic (exact) mass is 635 g/mol. The minimum atomic E-state index is -0.329. The van der Waals surface area contributed by atoms with Crippen molar-refractivity contribution in [1.29, 1.82) is 0 Å². The van der Waals surface area contributed by atoms with Crippen LogP contribution in [0.15, 0.2) is 97.3 Å². The van der Waals surface area contributed by atoms with Gasteiger partial charge in [0, 0.05) is 30.1 Å². The zero-order chi connectivity index (χ0) is 32.0. The second kappa shape index (κ2) is 13.8. The van der Waals surface area contributed by atoms with Crippen LogP contribution in [0.3, 0.4) is 0 Å². The molecule has 0 fully saturated rings. The zero-order valence-corrected chi connectivity index (χ0v) is 26.5. The number of nitrogens with zero attached hydrogens (tertiary/aromatic N) is 4. The number of anilines is 1.